The van der Waals surface area contributed by atoms with Gasteiger partial charge in [0.25, 0.3) is 11.5 Å². The molecular formula is C44H54F2N8O13P2S. The van der Waals surface area contributed by atoms with Crippen LogP contribution in [0.25, 0.3) is 11.2 Å². The van der Waals surface area contributed by atoms with Crippen molar-refractivity contribution in [2.24, 2.45) is 0 Å². The average molecular weight is 1030 g/mol. The van der Waals surface area contributed by atoms with E-state index >= 15 is 8.78 Å². The lowest BCUT2D eigenvalue weighted by Crippen LogP contribution is -2.38. The van der Waals surface area contributed by atoms with Crippen LogP contribution in [0.5, 0.6) is 5.75 Å². The first-order valence-electron chi connectivity index (χ1n) is 22.9. The van der Waals surface area contributed by atoms with E-state index in [1.54, 1.807) is 48.5 Å². The Kier molecular flexibility index (Phi) is 17.0. The molecule has 2 unspecified atom stereocenters. The molecule has 0 radical (unpaired) electrons. The maximum Gasteiger partial charge on any atom is 0.472 e. The molecule has 5 N–H and O–H groups in total. The number of hydrogen-bond acceptors (Lipinski definition) is 17. The Morgan fingerprint density at radius 1 is 0.857 bits per heavy atom. The molecular weight excluding hydrogens is 981 g/mol. The Morgan fingerprint density at radius 2 is 1.50 bits per heavy atom. The van der Waals surface area contributed by atoms with Gasteiger partial charge in [0.1, 0.15) is 42.0 Å². The van der Waals surface area contributed by atoms with Gasteiger partial charge < -0.3 is 30.2 Å². The normalized spacial score (nSPS) is 28.1. The number of hydrogen-bond donors (Lipinski definition) is 4. The number of alkyl halides is 2. The molecule has 0 bridgehead atoms. The maximum absolute atomic E-state index is 16.5. The molecule has 3 aliphatic heterocycles. The second-order valence-corrected chi connectivity index (χ2v) is 22.3. The van der Waals surface area contributed by atoms with Crippen LogP contribution in [0.1, 0.15) is 92.2 Å². The highest BCUT2D eigenvalue weighted by molar-refractivity contribution is 8.54. The first-order valence-corrected chi connectivity index (χ1v) is 27.5. The largest absolute Gasteiger partial charge is 0.494 e. The Balaban J connectivity index is 0.932. The Hall–Kier alpha value is -4.87. The van der Waals surface area contributed by atoms with E-state index < -0.39 is 88.3 Å². The standard InChI is InChI=1S/C44H54F2N8O13P2S/c1-2-3-4-5-6-7-8-9-20-61-30-16-14-29(15-17-30)41(56)48-21-27-10-12-28(13-11-27)24-70-69(60)63-23-32-37(34(45)43(65-32)54-26-51-36-39(47)49-25-50-40(36)54)66-68(58,59)62-22-31-38(67-69)35(46)42(64-31)53-19-18-33(55)52-44(53)57/h10-19,25-26,31-32,34-35,37-38,42-43H,2-9,20-24H2,1H3,(H,48,56)(H,58,59)(H2,47,49,50)(H,52,55,57)/t31-,32-,34-,35-,37-,38-,42-,43-,69?/m1/s1. The molecule has 6 heterocycles. The second-order valence-electron chi connectivity index (χ2n) is 16.9. The maximum atomic E-state index is 16.5. The zero-order valence-corrected chi connectivity index (χ0v) is 40.6. The molecule has 0 aliphatic carbocycles. The molecule has 8 rings (SSSR count). The van der Waals surface area contributed by atoms with Gasteiger partial charge in [0, 0.05) is 30.1 Å². The van der Waals surface area contributed by atoms with Gasteiger partial charge in [-0.1, -0.05) is 76.1 Å². The van der Waals surface area contributed by atoms with Crippen molar-refractivity contribution < 1.29 is 59.9 Å². The Bertz CT molecular complexity index is 2790. The van der Waals surface area contributed by atoms with Crippen LogP contribution in [-0.4, -0.2) is 96.5 Å². The lowest BCUT2D eigenvalue weighted by Gasteiger charge is -2.29. The van der Waals surface area contributed by atoms with E-state index in [4.69, 9.17) is 38.0 Å². The number of fused-ring (bicyclic) bond motifs is 3. The molecule has 3 aliphatic rings. The summed E-state index contributed by atoms with van der Waals surface area (Å²) in [6.07, 6.45) is -1.99. The van der Waals surface area contributed by atoms with Gasteiger partial charge in [-0.05, 0) is 53.2 Å². The summed E-state index contributed by atoms with van der Waals surface area (Å²) in [5.74, 6) is 0.341. The number of imidazole rings is 1. The van der Waals surface area contributed by atoms with Gasteiger partial charge in [-0.25, -0.2) is 37.7 Å². The summed E-state index contributed by atoms with van der Waals surface area (Å²) < 4.78 is 103. The fourth-order valence-corrected chi connectivity index (χ4v) is 12.5. The number of ether oxygens (including phenoxy) is 3. The average Bonchev–Trinajstić information content (AvgIpc) is 4.01. The SMILES string of the molecule is CCCCCCCCCCOc1ccc(C(=O)NCc2ccc(CSP3(=O)OC[C@H]4O[C@@H](n5cnc6c(N)ncnc65)[C@H](F)[C@@H]4OP(=O)(O)OC[C@H]4O[C@@H](n5ccc(=O)[nH]c5=O)[C@H](F)[C@@H]4O3)cc2)cc1. The number of anilines is 1. The van der Waals surface area contributed by atoms with Crippen molar-refractivity contribution in [3.63, 3.8) is 0 Å². The van der Waals surface area contributed by atoms with Crippen molar-refractivity contribution in [3.05, 3.63) is 111 Å². The molecule has 5 aromatic rings. The molecule has 0 saturated carbocycles. The van der Waals surface area contributed by atoms with Gasteiger partial charge in [-0.15, -0.1) is 0 Å². The van der Waals surface area contributed by atoms with Gasteiger partial charge in [0.15, 0.2) is 36.3 Å². The number of rotatable bonds is 18. The van der Waals surface area contributed by atoms with Crippen LogP contribution in [0.2, 0.25) is 0 Å². The molecule has 0 spiro atoms. The van der Waals surface area contributed by atoms with Crippen LogP contribution in [0.3, 0.4) is 0 Å². The van der Waals surface area contributed by atoms with Crippen LogP contribution in [0.15, 0.2) is 83.0 Å². The summed E-state index contributed by atoms with van der Waals surface area (Å²) in [5, 5.41) is 2.89. The lowest BCUT2D eigenvalue weighted by atomic mass is 10.1. The van der Waals surface area contributed by atoms with Crippen molar-refractivity contribution in [1.29, 1.82) is 0 Å². The minimum absolute atomic E-state index is 0.00780. The number of nitrogens with two attached hydrogens (primary N) is 1. The van der Waals surface area contributed by atoms with Crippen molar-refractivity contribution in [1.82, 2.24) is 34.4 Å². The first-order chi connectivity index (χ1) is 33.7. The molecule has 2 aromatic carbocycles. The number of phosphoric ester groups is 1. The Morgan fingerprint density at radius 3 is 2.20 bits per heavy atom. The smallest absolute Gasteiger partial charge is 0.472 e. The highest BCUT2D eigenvalue weighted by atomic mass is 32.7. The number of aromatic amines is 1. The quantitative estimate of drug-likeness (QED) is 0.0517. The fraction of sp³-hybridized carbons (Fsp3) is 0.500. The van der Waals surface area contributed by atoms with E-state index in [1.807, 2.05) is 4.98 Å². The number of aromatic nitrogens is 6. The number of benzene rings is 2. The zero-order valence-electron chi connectivity index (χ0n) is 38.0. The summed E-state index contributed by atoms with van der Waals surface area (Å²) in [5.41, 5.74) is 6.08. The van der Waals surface area contributed by atoms with Gasteiger partial charge in [-0.3, -0.25) is 41.8 Å². The lowest BCUT2D eigenvalue weighted by molar-refractivity contribution is -0.0619. The third-order valence-electron chi connectivity index (χ3n) is 11.9. The predicted molar refractivity (Wildman–Crippen MR) is 251 cm³/mol. The third-order valence-corrected chi connectivity index (χ3v) is 16.5. The predicted octanol–water partition coefficient (Wildman–Crippen LogP) is 6.84. The van der Waals surface area contributed by atoms with Crippen LogP contribution in [0, 0.1) is 0 Å². The van der Waals surface area contributed by atoms with Gasteiger partial charge >= 0.3 is 20.3 Å². The summed E-state index contributed by atoms with van der Waals surface area (Å²) in [4.78, 5) is 62.4. The minimum atomic E-state index is -5.23. The number of unbranched alkanes of at least 4 members (excludes halogenated alkanes) is 7. The number of nitrogens with zero attached hydrogens (tertiary/aromatic N) is 5. The number of amides is 1. The van der Waals surface area contributed by atoms with Crippen LogP contribution in [-0.2, 0) is 49.0 Å². The summed E-state index contributed by atoms with van der Waals surface area (Å²) in [7, 11) is -5.23. The van der Waals surface area contributed by atoms with Crippen LogP contribution in [0.4, 0.5) is 14.6 Å². The molecule has 70 heavy (non-hydrogen) atoms. The molecule has 1 amide bonds. The van der Waals surface area contributed by atoms with Gasteiger partial charge in [-0.2, -0.15) is 0 Å². The molecule has 10 atom stereocenters. The van der Waals surface area contributed by atoms with E-state index in [0.717, 1.165) is 37.0 Å². The molecule has 26 heteroatoms. The molecule has 3 saturated heterocycles. The third kappa shape index (κ3) is 12.6. The molecule has 378 valence electrons. The topological polar surface area (TPSA) is 273 Å². The summed E-state index contributed by atoms with van der Waals surface area (Å²) in [6, 6.07) is 14.8. The number of halogens is 2. The molecule has 3 fully saturated rings. The van der Waals surface area contributed by atoms with E-state index in [2.05, 4.69) is 27.2 Å². The molecule has 3 aromatic heterocycles. The number of nitrogens with one attached hydrogen (secondary N) is 2. The number of nitrogen functional groups attached to an aromatic ring is 1. The van der Waals surface area contributed by atoms with Gasteiger partial charge in [0.05, 0.1) is 26.1 Å². The second kappa shape index (κ2) is 23.1. The van der Waals surface area contributed by atoms with Crippen LogP contribution < -0.4 is 27.0 Å². The van der Waals surface area contributed by atoms with Gasteiger partial charge in [0.2, 0.25) is 0 Å². The summed E-state index contributed by atoms with van der Waals surface area (Å²) in [6.45, 7) is -3.34. The minimum Gasteiger partial charge on any atom is -0.494 e. The van der Waals surface area contributed by atoms with E-state index in [1.165, 1.54) is 49.4 Å². The van der Waals surface area contributed by atoms with Crippen molar-refractivity contribution >= 4 is 48.9 Å². The van der Waals surface area contributed by atoms with Crippen molar-refractivity contribution in [2.45, 2.75) is 120 Å². The highest BCUT2D eigenvalue weighted by Gasteiger charge is 2.55. The van der Waals surface area contributed by atoms with Crippen molar-refractivity contribution in [2.75, 3.05) is 25.6 Å². The number of phosphoric acid groups is 1. The number of carbonyl (C=O) groups is 1. The Labute approximate surface area is 404 Å². The van der Waals surface area contributed by atoms with E-state index in [-0.39, 0.29) is 35.2 Å². The zero-order chi connectivity index (χ0) is 49.4. The monoisotopic (exact) mass is 1030 g/mol. The molecule has 21 nitrogen and oxygen atoms in total. The van der Waals surface area contributed by atoms with E-state index in [9.17, 15) is 28.4 Å². The first kappa shape index (κ1) is 51.5. The van der Waals surface area contributed by atoms with Crippen molar-refractivity contribution in [3.8, 4) is 5.75 Å². The van der Waals surface area contributed by atoms with Crippen LogP contribution >= 0.6 is 26.0 Å². The fourth-order valence-electron chi connectivity index (χ4n) is 8.12. The highest BCUT2D eigenvalue weighted by Crippen LogP contribution is 2.65. The summed E-state index contributed by atoms with van der Waals surface area (Å²) >= 11 is 0.639. The number of H-pyrrole nitrogens is 1. The van der Waals surface area contributed by atoms with E-state index in [0.29, 0.717) is 39.4 Å². The number of carbonyl (C=O) groups excluding carboxylic acids is 1.